The van der Waals surface area contributed by atoms with E-state index in [0.717, 1.165) is 12.8 Å². The second-order valence-electron chi connectivity index (χ2n) is 4.11. The summed E-state index contributed by atoms with van der Waals surface area (Å²) in [7, 11) is 0. The molecule has 0 bridgehead atoms. The molecule has 0 N–H and O–H groups in total. The van der Waals surface area contributed by atoms with Gasteiger partial charge in [0.25, 0.3) is 0 Å². The van der Waals surface area contributed by atoms with Crippen molar-refractivity contribution < 1.29 is 0 Å². The maximum Gasteiger partial charge on any atom is 0.0285 e. The number of thiophene rings is 2. The van der Waals surface area contributed by atoms with Gasteiger partial charge in [0.05, 0.1) is 0 Å². The van der Waals surface area contributed by atoms with Crippen molar-refractivity contribution >= 4 is 34.4 Å². The Labute approximate surface area is 114 Å². The molecular weight excluding hydrogens is 264 g/mol. The van der Waals surface area contributed by atoms with Crippen LogP contribution in [-0.4, -0.2) is 0 Å². The molecule has 4 rings (SSSR count). The third-order valence-electron chi connectivity index (χ3n) is 2.97. The van der Waals surface area contributed by atoms with Crippen LogP contribution < -0.4 is 0 Å². The average Bonchev–Trinajstić information content (AvgIpc) is 3.06. The van der Waals surface area contributed by atoms with Crippen molar-refractivity contribution in [3.8, 4) is 0 Å². The van der Waals surface area contributed by atoms with Gasteiger partial charge in [-0.2, -0.15) is 11.8 Å². The Morgan fingerprint density at radius 3 is 2.35 bits per heavy atom. The van der Waals surface area contributed by atoms with Crippen LogP contribution in [0, 0.1) is 0 Å². The summed E-state index contributed by atoms with van der Waals surface area (Å²) < 4.78 is 0. The maximum absolute atomic E-state index is 2.25. The van der Waals surface area contributed by atoms with Crippen LogP contribution in [0.25, 0.3) is 0 Å². The molecule has 1 aliphatic carbocycles. The summed E-state index contributed by atoms with van der Waals surface area (Å²) in [5, 5.41) is 4.36. The van der Waals surface area contributed by atoms with Crippen LogP contribution in [0.2, 0.25) is 0 Å². The highest BCUT2D eigenvalue weighted by Gasteiger charge is 2.10. The molecule has 0 saturated carbocycles. The zero-order chi connectivity index (χ0) is 11.5. The van der Waals surface area contributed by atoms with Gasteiger partial charge in [-0.25, -0.2) is 0 Å². The number of allylic oxidation sites excluding steroid dienone is 2. The summed E-state index contributed by atoms with van der Waals surface area (Å²) in [6, 6.07) is 4.46. The Bertz CT molecular complexity index is 478. The molecule has 88 valence electrons. The van der Waals surface area contributed by atoms with Gasteiger partial charge in [0.15, 0.2) is 0 Å². The highest BCUT2D eigenvalue weighted by Crippen LogP contribution is 2.33. The van der Waals surface area contributed by atoms with Gasteiger partial charge in [0.1, 0.15) is 0 Å². The minimum absolute atomic E-state index is 1.15. The molecule has 0 saturated heterocycles. The second-order valence-corrected chi connectivity index (χ2v) is 7.10. The number of hydrogen-bond acceptors (Lipinski definition) is 3. The summed E-state index contributed by atoms with van der Waals surface area (Å²) in [6.45, 7) is 0. The second kappa shape index (κ2) is 5.42. The monoisotopic (exact) mass is 278 g/mol. The first-order valence-electron chi connectivity index (χ1n) is 5.77. The summed E-state index contributed by atoms with van der Waals surface area (Å²) >= 11 is 5.79. The standard InChI is InChI=1S/C8H8S.C6H6S2/c1-2-4-8-7(3-1)5-6-9-8;1-2-8-6-4-7-3-5(1)6/h1-2,5-6H,3-4H2;1-2H,3-4H2. The third-order valence-corrected chi connectivity index (χ3v) is 6.11. The number of fused-ring (bicyclic) bond motifs is 2. The largest absolute Gasteiger partial charge is 0.152 e. The summed E-state index contributed by atoms with van der Waals surface area (Å²) in [5.41, 5.74) is 3.10. The van der Waals surface area contributed by atoms with Crippen LogP contribution in [0.3, 0.4) is 0 Å². The predicted molar refractivity (Wildman–Crippen MR) is 80.2 cm³/mol. The fourth-order valence-corrected chi connectivity index (χ4v) is 5.16. The molecular formula is C14H14S3. The first-order chi connectivity index (χ1) is 8.43. The van der Waals surface area contributed by atoms with Gasteiger partial charge in [0, 0.05) is 27.7 Å². The van der Waals surface area contributed by atoms with Gasteiger partial charge in [-0.1, -0.05) is 12.2 Å². The molecule has 1 aliphatic heterocycles. The Hall–Kier alpha value is -0.510. The molecule has 0 nitrogen and oxygen atoms in total. The number of rotatable bonds is 0. The van der Waals surface area contributed by atoms with Crippen molar-refractivity contribution in [1.29, 1.82) is 0 Å². The van der Waals surface area contributed by atoms with Crippen LogP contribution >= 0.6 is 34.4 Å². The van der Waals surface area contributed by atoms with E-state index in [1.54, 1.807) is 15.3 Å². The molecule has 0 spiro atoms. The van der Waals surface area contributed by atoms with E-state index in [-0.39, 0.29) is 0 Å². The van der Waals surface area contributed by atoms with Crippen molar-refractivity contribution in [3.63, 3.8) is 0 Å². The van der Waals surface area contributed by atoms with Crippen molar-refractivity contribution in [2.24, 2.45) is 0 Å². The Morgan fingerprint density at radius 2 is 1.53 bits per heavy atom. The fraction of sp³-hybridized carbons (Fsp3) is 0.286. The van der Waals surface area contributed by atoms with Gasteiger partial charge >= 0.3 is 0 Å². The first kappa shape index (κ1) is 11.6. The summed E-state index contributed by atoms with van der Waals surface area (Å²) in [4.78, 5) is 3.15. The molecule has 0 amide bonds. The third kappa shape index (κ3) is 2.67. The van der Waals surface area contributed by atoms with E-state index in [9.17, 15) is 0 Å². The van der Waals surface area contributed by atoms with Gasteiger partial charge in [0.2, 0.25) is 0 Å². The highest BCUT2D eigenvalue weighted by molar-refractivity contribution is 7.98. The van der Waals surface area contributed by atoms with Crippen LogP contribution in [0.5, 0.6) is 0 Å². The van der Waals surface area contributed by atoms with E-state index in [2.05, 4.69) is 35.0 Å². The molecule has 2 aliphatic rings. The van der Waals surface area contributed by atoms with E-state index < -0.39 is 0 Å². The molecule has 0 unspecified atom stereocenters. The fourth-order valence-electron chi connectivity index (χ4n) is 2.00. The van der Waals surface area contributed by atoms with Crippen molar-refractivity contribution in [2.45, 2.75) is 24.3 Å². The molecule has 17 heavy (non-hydrogen) atoms. The summed E-state index contributed by atoms with van der Waals surface area (Å²) in [6.07, 6.45) is 6.81. The van der Waals surface area contributed by atoms with Crippen LogP contribution in [-0.2, 0) is 24.3 Å². The lowest BCUT2D eigenvalue weighted by atomic mass is 10.1. The Balaban J connectivity index is 0.000000107. The quantitative estimate of drug-likeness (QED) is 0.618. The lowest BCUT2D eigenvalue weighted by Crippen LogP contribution is -1.89. The Kier molecular flexibility index (Phi) is 3.69. The van der Waals surface area contributed by atoms with E-state index in [0.29, 0.717) is 0 Å². The minimum Gasteiger partial charge on any atom is -0.152 e. The van der Waals surface area contributed by atoms with Crippen molar-refractivity contribution in [3.05, 3.63) is 55.9 Å². The molecule has 2 aromatic heterocycles. The molecule has 0 radical (unpaired) electrons. The van der Waals surface area contributed by atoms with Gasteiger partial charge in [-0.3, -0.25) is 0 Å². The van der Waals surface area contributed by atoms with E-state index in [4.69, 9.17) is 0 Å². The van der Waals surface area contributed by atoms with Crippen LogP contribution in [0.4, 0.5) is 0 Å². The van der Waals surface area contributed by atoms with Crippen molar-refractivity contribution in [2.75, 3.05) is 0 Å². The normalized spacial score (nSPS) is 16.0. The molecule has 3 heteroatoms. The molecule has 0 atom stereocenters. The number of hydrogen-bond donors (Lipinski definition) is 0. The SMILES string of the molecule is C1=CCc2sccc2C1.c1cc2c(s1)CSC2. The molecule has 2 aromatic rings. The van der Waals surface area contributed by atoms with Gasteiger partial charge < -0.3 is 0 Å². The smallest absolute Gasteiger partial charge is 0.0285 e. The molecule has 3 heterocycles. The lowest BCUT2D eigenvalue weighted by molar-refractivity contribution is 1.14. The average molecular weight is 278 g/mol. The zero-order valence-corrected chi connectivity index (χ0v) is 12.0. The Morgan fingerprint density at radius 1 is 0.765 bits per heavy atom. The zero-order valence-electron chi connectivity index (χ0n) is 9.52. The minimum atomic E-state index is 1.15. The predicted octanol–water partition coefficient (Wildman–Crippen LogP) is 4.90. The van der Waals surface area contributed by atoms with E-state index in [1.807, 2.05) is 34.4 Å². The maximum atomic E-state index is 2.25. The number of thioether (sulfide) groups is 1. The van der Waals surface area contributed by atoms with Gasteiger partial charge in [-0.05, 0) is 40.4 Å². The lowest BCUT2D eigenvalue weighted by Gasteiger charge is -2.01. The van der Waals surface area contributed by atoms with Crippen LogP contribution in [0.15, 0.2) is 35.0 Å². The molecule has 0 fully saturated rings. The van der Waals surface area contributed by atoms with Crippen molar-refractivity contribution in [1.82, 2.24) is 0 Å². The molecule has 0 aromatic carbocycles. The van der Waals surface area contributed by atoms with E-state index >= 15 is 0 Å². The van der Waals surface area contributed by atoms with Gasteiger partial charge in [-0.15, -0.1) is 22.7 Å². The topological polar surface area (TPSA) is 0 Å². The first-order valence-corrected chi connectivity index (χ1v) is 8.68. The highest BCUT2D eigenvalue weighted by atomic mass is 32.2. The van der Waals surface area contributed by atoms with E-state index in [1.165, 1.54) is 17.1 Å². The summed E-state index contributed by atoms with van der Waals surface area (Å²) in [5.74, 6) is 2.51. The van der Waals surface area contributed by atoms with Crippen LogP contribution in [0.1, 0.15) is 20.9 Å².